The highest BCUT2D eigenvalue weighted by Gasteiger charge is 2.16. The molecule has 0 aromatic rings. The van der Waals surface area contributed by atoms with Gasteiger partial charge in [0.2, 0.25) is 0 Å². The van der Waals surface area contributed by atoms with Crippen molar-refractivity contribution in [2.45, 2.75) is 71.1 Å². The summed E-state index contributed by atoms with van der Waals surface area (Å²) in [5.41, 5.74) is 0. The van der Waals surface area contributed by atoms with E-state index in [9.17, 15) is 8.77 Å². The van der Waals surface area contributed by atoms with Gasteiger partial charge in [-0.3, -0.25) is 8.73 Å². The summed E-state index contributed by atoms with van der Waals surface area (Å²) >= 11 is 0. The SMILES string of the molecule is C=C(COP(=O)(O)O)S(=O)CCCCCCCCCCCC. The summed E-state index contributed by atoms with van der Waals surface area (Å²) in [7, 11) is -5.78. The molecule has 7 heteroatoms. The van der Waals surface area contributed by atoms with Crippen LogP contribution in [0.5, 0.6) is 0 Å². The van der Waals surface area contributed by atoms with Crippen LogP contribution in [0, 0.1) is 0 Å². The van der Waals surface area contributed by atoms with Gasteiger partial charge in [0.1, 0.15) is 0 Å². The van der Waals surface area contributed by atoms with Gasteiger partial charge in [-0.15, -0.1) is 0 Å². The first-order valence-corrected chi connectivity index (χ1v) is 11.0. The third-order valence-electron chi connectivity index (χ3n) is 3.40. The van der Waals surface area contributed by atoms with Crippen LogP contribution in [0.1, 0.15) is 71.1 Å². The van der Waals surface area contributed by atoms with Crippen LogP contribution in [-0.4, -0.2) is 26.4 Å². The molecule has 0 bridgehead atoms. The minimum Gasteiger partial charge on any atom is -0.303 e. The molecule has 0 aliphatic rings. The van der Waals surface area contributed by atoms with E-state index in [0.717, 1.165) is 19.3 Å². The number of phosphoric acid groups is 1. The maximum absolute atomic E-state index is 11.8. The number of hydrogen-bond donors (Lipinski definition) is 2. The van der Waals surface area contributed by atoms with Crippen molar-refractivity contribution in [3.05, 3.63) is 11.5 Å². The van der Waals surface area contributed by atoms with Gasteiger partial charge in [0.15, 0.2) is 0 Å². The molecule has 2 N–H and O–H groups in total. The molecule has 22 heavy (non-hydrogen) atoms. The molecule has 0 radical (unpaired) electrons. The topological polar surface area (TPSA) is 83.8 Å². The summed E-state index contributed by atoms with van der Waals surface area (Å²) in [6, 6.07) is 0. The van der Waals surface area contributed by atoms with Gasteiger partial charge in [0.05, 0.1) is 17.4 Å². The van der Waals surface area contributed by atoms with E-state index in [4.69, 9.17) is 9.79 Å². The van der Waals surface area contributed by atoms with Crippen molar-refractivity contribution in [1.29, 1.82) is 0 Å². The number of unbranched alkanes of at least 4 members (excludes halogenated alkanes) is 9. The molecule has 1 unspecified atom stereocenters. The maximum atomic E-state index is 11.8. The van der Waals surface area contributed by atoms with Crippen LogP contribution >= 0.6 is 7.82 Å². The lowest BCUT2D eigenvalue weighted by Crippen LogP contribution is -2.05. The van der Waals surface area contributed by atoms with Crippen LogP contribution in [0.4, 0.5) is 0 Å². The van der Waals surface area contributed by atoms with Crippen LogP contribution in [0.25, 0.3) is 0 Å². The normalized spacial score (nSPS) is 13.2. The molecule has 0 heterocycles. The van der Waals surface area contributed by atoms with Crippen LogP contribution in [0.3, 0.4) is 0 Å². The molecule has 0 saturated carbocycles. The molecule has 0 rings (SSSR count). The molecular weight excluding hydrogens is 323 g/mol. The molecule has 0 amide bonds. The standard InChI is InChI=1S/C15H31O5PS/c1-3-4-5-6-7-8-9-10-11-12-13-22(19)15(2)14-20-21(16,17)18/h2-14H2,1H3,(H2,16,17,18). The largest absolute Gasteiger partial charge is 0.469 e. The lowest BCUT2D eigenvalue weighted by Gasteiger charge is -2.08. The lowest BCUT2D eigenvalue weighted by atomic mass is 10.1. The van der Waals surface area contributed by atoms with Gasteiger partial charge in [-0.25, -0.2) is 4.57 Å². The molecule has 0 fully saturated rings. The van der Waals surface area contributed by atoms with Crippen LogP contribution in [0.15, 0.2) is 11.5 Å². The maximum Gasteiger partial charge on any atom is 0.469 e. The molecule has 0 aliphatic carbocycles. The number of rotatable bonds is 15. The monoisotopic (exact) mass is 354 g/mol. The minimum absolute atomic E-state index is 0.235. The Balaban J connectivity index is 3.45. The zero-order valence-electron chi connectivity index (χ0n) is 13.7. The van der Waals surface area contributed by atoms with Crippen molar-refractivity contribution in [2.24, 2.45) is 0 Å². The molecule has 0 aromatic carbocycles. The second kappa shape index (κ2) is 13.4. The molecule has 5 nitrogen and oxygen atoms in total. The summed E-state index contributed by atoms with van der Waals surface area (Å²) in [6.07, 6.45) is 12.1. The second-order valence-corrected chi connectivity index (χ2v) is 8.45. The highest BCUT2D eigenvalue weighted by molar-refractivity contribution is 7.89. The fourth-order valence-electron chi connectivity index (χ4n) is 2.09. The van der Waals surface area contributed by atoms with Crippen molar-refractivity contribution in [3.63, 3.8) is 0 Å². The van der Waals surface area contributed by atoms with Gasteiger partial charge >= 0.3 is 7.82 Å². The van der Waals surface area contributed by atoms with E-state index in [1.54, 1.807) is 0 Å². The Morgan fingerprint density at radius 1 is 1.00 bits per heavy atom. The third kappa shape index (κ3) is 14.9. The Morgan fingerprint density at radius 3 is 1.91 bits per heavy atom. The van der Waals surface area contributed by atoms with Crippen molar-refractivity contribution in [1.82, 2.24) is 0 Å². The highest BCUT2D eigenvalue weighted by Crippen LogP contribution is 2.36. The summed E-state index contributed by atoms with van der Waals surface area (Å²) in [5, 5.41) is 0. The molecule has 132 valence electrons. The molecule has 1 atom stereocenters. The van der Waals surface area contributed by atoms with Gasteiger partial charge in [-0.1, -0.05) is 71.3 Å². The van der Waals surface area contributed by atoms with Crippen molar-refractivity contribution < 1.29 is 23.1 Å². The number of phosphoric ester groups is 1. The lowest BCUT2D eigenvalue weighted by molar-refractivity contribution is 0.214. The molecular formula is C15H31O5PS. The van der Waals surface area contributed by atoms with Gasteiger partial charge in [0, 0.05) is 10.7 Å². The molecule has 0 aliphatic heterocycles. The quantitative estimate of drug-likeness (QED) is 0.339. The van der Waals surface area contributed by atoms with Crippen molar-refractivity contribution >= 4 is 18.6 Å². The first-order chi connectivity index (χ1) is 10.4. The zero-order valence-corrected chi connectivity index (χ0v) is 15.4. The van der Waals surface area contributed by atoms with E-state index in [1.807, 2.05) is 0 Å². The zero-order chi connectivity index (χ0) is 16.8. The van der Waals surface area contributed by atoms with Crippen LogP contribution in [-0.2, 0) is 19.9 Å². The van der Waals surface area contributed by atoms with E-state index < -0.39 is 18.6 Å². The fraction of sp³-hybridized carbons (Fsp3) is 0.867. The van der Waals surface area contributed by atoms with E-state index >= 15 is 0 Å². The summed E-state index contributed by atoms with van der Waals surface area (Å²) in [4.78, 5) is 17.4. The van der Waals surface area contributed by atoms with Crippen molar-refractivity contribution in [2.75, 3.05) is 12.4 Å². The van der Waals surface area contributed by atoms with E-state index in [-0.39, 0.29) is 11.5 Å². The number of hydrogen-bond acceptors (Lipinski definition) is 3. The van der Waals surface area contributed by atoms with Crippen LogP contribution in [0.2, 0.25) is 0 Å². The molecule has 0 spiro atoms. The Labute approximate surface area is 137 Å². The Hall–Kier alpha value is -0.0000000000000000555. The van der Waals surface area contributed by atoms with E-state index in [0.29, 0.717) is 5.75 Å². The summed E-state index contributed by atoms with van der Waals surface area (Å²) < 4.78 is 26.6. The van der Waals surface area contributed by atoms with Crippen LogP contribution < -0.4 is 0 Å². The summed E-state index contributed by atoms with van der Waals surface area (Å²) in [5.74, 6) is 0.486. The first-order valence-electron chi connectivity index (χ1n) is 8.13. The highest BCUT2D eigenvalue weighted by atomic mass is 32.2. The van der Waals surface area contributed by atoms with Gasteiger partial charge in [0.25, 0.3) is 0 Å². The summed E-state index contributed by atoms with van der Waals surface area (Å²) in [6.45, 7) is 5.42. The predicted octanol–water partition coefficient (Wildman–Crippen LogP) is 4.28. The van der Waals surface area contributed by atoms with Gasteiger partial charge in [-0.05, 0) is 6.42 Å². The van der Waals surface area contributed by atoms with Gasteiger partial charge in [-0.2, -0.15) is 0 Å². The van der Waals surface area contributed by atoms with Gasteiger partial charge < -0.3 is 9.79 Å². The average molecular weight is 354 g/mol. The molecule has 0 aromatic heterocycles. The average Bonchev–Trinajstić information content (AvgIpc) is 2.45. The van der Waals surface area contributed by atoms with E-state index in [2.05, 4.69) is 18.0 Å². The Bertz CT molecular complexity index is 367. The smallest absolute Gasteiger partial charge is 0.303 e. The second-order valence-electron chi connectivity index (χ2n) is 5.53. The molecule has 0 saturated heterocycles. The predicted molar refractivity (Wildman–Crippen MR) is 92.0 cm³/mol. The third-order valence-corrected chi connectivity index (χ3v) is 5.29. The van der Waals surface area contributed by atoms with E-state index in [1.165, 1.54) is 44.9 Å². The Kier molecular flexibility index (Phi) is 13.4. The Morgan fingerprint density at radius 2 is 1.45 bits per heavy atom. The van der Waals surface area contributed by atoms with Crippen molar-refractivity contribution in [3.8, 4) is 0 Å². The first kappa shape index (κ1) is 22.0. The minimum atomic E-state index is -4.51. The fourth-order valence-corrected chi connectivity index (χ4v) is 3.44.